The Bertz CT molecular complexity index is 616. The van der Waals surface area contributed by atoms with E-state index in [0.717, 1.165) is 12.6 Å². The maximum atomic E-state index is 2.36. The molecule has 1 saturated carbocycles. The normalized spacial score (nSPS) is 15.0. The molecule has 0 spiro atoms. The molecule has 1 aliphatic carbocycles. The first-order valence-electron chi connectivity index (χ1n) is 7.40. The molecule has 22 heavy (non-hydrogen) atoms. The van der Waals surface area contributed by atoms with Gasteiger partial charge < -0.3 is 0 Å². The molecular weight excluding hydrogens is 683 g/mol. The van der Waals surface area contributed by atoms with E-state index in [9.17, 15) is 0 Å². The average molecular weight is 704 g/mol. The van der Waals surface area contributed by atoms with E-state index in [2.05, 4.69) is 119 Å². The zero-order chi connectivity index (χ0) is 15.9. The van der Waals surface area contributed by atoms with Gasteiger partial charge in [0.05, 0.1) is 0 Å². The molecule has 1 aromatic carbocycles. The van der Waals surface area contributed by atoms with Gasteiger partial charge >= 0.3 is 94.2 Å². The van der Waals surface area contributed by atoms with Gasteiger partial charge in [-0.1, -0.05) is 12.8 Å². The van der Waals surface area contributed by atoms with Crippen LogP contribution in [0.4, 0.5) is 0 Å². The van der Waals surface area contributed by atoms with Gasteiger partial charge in [0, 0.05) is 51.8 Å². The maximum Gasteiger partial charge on any atom is 0.0311 e. The van der Waals surface area contributed by atoms with Crippen LogP contribution in [-0.4, -0.2) is 16.5 Å². The molecule has 6 heteroatoms. The Hall–Kier alpha value is 0.538. The fourth-order valence-corrected chi connectivity index (χ4v) is 4.12. The quantitative estimate of drug-likeness (QED) is 0.328. The Balaban J connectivity index is 0.000000188. The molecule has 0 unspecified atom stereocenters. The van der Waals surface area contributed by atoms with Crippen molar-refractivity contribution in [1.29, 1.82) is 0 Å². The second-order valence-electron chi connectivity index (χ2n) is 5.46. The minimum Gasteiger partial charge on any atom is -0.185 e. The summed E-state index contributed by atoms with van der Waals surface area (Å²) in [4.78, 5) is 0. The van der Waals surface area contributed by atoms with Crippen molar-refractivity contribution in [2.24, 2.45) is 7.05 Å². The van der Waals surface area contributed by atoms with Crippen LogP contribution in [0.3, 0.4) is 0 Å². The first-order chi connectivity index (χ1) is 10.6. The SMILES string of the molecule is Cn1ccn(Cc2ccccc2)[c]1=[Pt].IN(I)C1CCCC1. The standard InChI is InChI=1S/C11H12N2.C5H9I2N.Pt/c1-12-7-8-13(10-12)9-11-5-3-2-4-6-11;6-8(7)5-3-1-2-4-5;/h2-8H,9H2,1H3;5H,1-4H2;. The van der Waals surface area contributed by atoms with Crippen LogP contribution in [0.25, 0.3) is 0 Å². The van der Waals surface area contributed by atoms with Gasteiger partial charge in [0.2, 0.25) is 0 Å². The number of imidazole rings is 1. The molecule has 0 aliphatic heterocycles. The molecule has 0 amide bonds. The zero-order valence-corrected chi connectivity index (χ0v) is 19.2. The Kier molecular flexibility index (Phi) is 8.36. The van der Waals surface area contributed by atoms with Crippen LogP contribution in [0.5, 0.6) is 0 Å². The molecule has 1 fully saturated rings. The molecule has 0 atom stereocenters. The Labute approximate surface area is 171 Å². The molecular formula is C16H21I2N3Pt. The van der Waals surface area contributed by atoms with E-state index < -0.39 is 0 Å². The van der Waals surface area contributed by atoms with E-state index in [1.54, 1.807) is 0 Å². The molecule has 1 aliphatic rings. The topological polar surface area (TPSA) is 13.1 Å². The molecule has 0 N–H and O–H groups in total. The van der Waals surface area contributed by atoms with Gasteiger partial charge in [0.15, 0.2) is 0 Å². The fourth-order valence-electron chi connectivity index (χ4n) is 2.49. The summed E-state index contributed by atoms with van der Waals surface area (Å²) in [6.45, 7) is 0.945. The van der Waals surface area contributed by atoms with Crippen molar-refractivity contribution in [1.82, 2.24) is 10.5 Å². The van der Waals surface area contributed by atoms with E-state index in [4.69, 9.17) is 0 Å². The van der Waals surface area contributed by atoms with Gasteiger partial charge in [-0.3, -0.25) is 0 Å². The van der Waals surface area contributed by atoms with Crippen molar-refractivity contribution >= 4 is 45.7 Å². The van der Waals surface area contributed by atoms with Crippen molar-refractivity contribution in [2.75, 3.05) is 0 Å². The molecule has 3 rings (SSSR count). The number of aryl methyl sites for hydroxylation is 1. The van der Waals surface area contributed by atoms with Crippen LogP contribution in [0, 0.1) is 3.80 Å². The summed E-state index contributed by atoms with van der Waals surface area (Å²) in [6, 6.07) is 11.4. The third kappa shape index (κ3) is 5.87. The summed E-state index contributed by atoms with van der Waals surface area (Å²) in [6.07, 6.45) is 9.87. The number of aromatic nitrogens is 2. The first-order valence-corrected chi connectivity index (χ1v) is 10.5. The maximum absolute atomic E-state index is 2.36. The number of hydrogen-bond acceptors (Lipinski definition) is 1. The van der Waals surface area contributed by atoms with Crippen molar-refractivity contribution in [2.45, 2.75) is 38.3 Å². The molecule has 2 aromatic rings. The molecule has 0 saturated heterocycles. The summed E-state index contributed by atoms with van der Waals surface area (Å²) in [5.41, 5.74) is 1.34. The third-order valence-electron chi connectivity index (χ3n) is 3.76. The van der Waals surface area contributed by atoms with Crippen molar-refractivity contribution in [3.8, 4) is 0 Å². The van der Waals surface area contributed by atoms with E-state index in [1.807, 2.05) is 6.07 Å². The second-order valence-corrected chi connectivity index (χ2v) is 10.4. The minimum absolute atomic E-state index is 0.871. The van der Waals surface area contributed by atoms with E-state index in [1.165, 1.54) is 35.1 Å². The Morgan fingerprint density at radius 3 is 2.23 bits per heavy atom. The van der Waals surface area contributed by atoms with Gasteiger partial charge in [-0.25, -0.2) is 0 Å². The number of hydrogen-bond donors (Lipinski definition) is 0. The molecule has 124 valence electrons. The summed E-state index contributed by atoms with van der Waals surface area (Å²) in [5.74, 6) is 0. The molecule has 1 aromatic heterocycles. The average Bonchev–Trinajstić information content (AvgIpc) is 3.15. The Morgan fingerprint density at radius 2 is 1.77 bits per heavy atom. The van der Waals surface area contributed by atoms with Crippen LogP contribution in [0.1, 0.15) is 31.2 Å². The van der Waals surface area contributed by atoms with Crippen LogP contribution in [0.15, 0.2) is 42.7 Å². The van der Waals surface area contributed by atoms with Crippen molar-refractivity contribution in [3.63, 3.8) is 0 Å². The largest absolute Gasteiger partial charge is 0.185 e. The van der Waals surface area contributed by atoms with Gasteiger partial charge in [-0.15, -0.1) is 0 Å². The summed E-state index contributed by atoms with van der Waals surface area (Å²) in [5, 5.41) is 0. The van der Waals surface area contributed by atoms with E-state index in [-0.39, 0.29) is 0 Å². The van der Waals surface area contributed by atoms with E-state index >= 15 is 0 Å². The summed E-state index contributed by atoms with van der Waals surface area (Å²) in [7, 11) is 2.06. The van der Waals surface area contributed by atoms with Crippen LogP contribution in [-0.2, 0) is 32.9 Å². The minimum atomic E-state index is 0.871. The summed E-state index contributed by atoms with van der Waals surface area (Å²) >= 11 is 7.07. The molecule has 1 heterocycles. The predicted molar refractivity (Wildman–Crippen MR) is 104 cm³/mol. The van der Waals surface area contributed by atoms with Crippen LogP contribution in [0.2, 0.25) is 0 Å². The molecule has 0 bridgehead atoms. The Morgan fingerprint density at radius 1 is 1.14 bits per heavy atom. The zero-order valence-electron chi connectivity index (χ0n) is 12.6. The molecule has 3 nitrogen and oxygen atoms in total. The predicted octanol–water partition coefficient (Wildman–Crippen LogP) is 4.88. The van der Waals surface area contributed by atoms with Crippen LogP contribution >= 0.6 is 45.7 Å². The smallest absolute Gasteiger partial charge is 0.0311 e. The van der Waals surface area contributed by atoms with Crippen molar-refractivity contribution < 1.29 is 19.4 Å². The third-order valence-corrected chi connectivity index (χ3v) is 6.78. The monoisotopic (exact) mass is 704 g/mol. The van der Waals surface area contributed by atoms with E-state index in [0.29, 0.717) is 0 Å². The number of rotatable bonds is 3. The molecule has 0 radical (unpaired) electrons. The summed E-state index contributed by atoms with van der Waals surface area (Å²) < 4.78 is 7.87. The van der Waals surface area contributed by atoms with Gasteiger partial charge in [0.25, 0.3) is 0 Å². The number of halogens is 2. The van der Waals surface area contributed by atoms with Crippen molar-refractivity contribution in [3.05, 3.63) is 52.1 Å². The van der Waals surface area contributed by atoms with Gasteiger partial charge in [-0.2, -0.15) is 1.33 Å². The van der Waals surface area contributed by atoms with Gasteiger partial charge in [-0.05, 0) is 12.8 Å². The fraction of sp³-hybridized carbons (Fsp3) is 0.438. The second kappa shape index (κ2) is 9.74. The van der Waals surface area contributed by atoms with Gasteiger partial charge in [0.1, 0.15) is 0 Å². The number of benzene rings is 1. The first kappa shape index (κ1) is 18.9. The number of nitrogens with zero attached hydrogens (tertiary/aromatic N) is 3. The van der Waals surface area contributed by atoms with Crippen LogP contribution < -0.4 is 0 Å².